The van der Waals surface area contributed by atoms with Gasteiger partial charge in [-0.3, -0.25) is 9.48 Å². The molecule has 1 aromatic heterocycles. The van der Waals surface area contributed by atoms with Crippen LogP contribution in [0.4, 0.5) is 0 Å². The zero-order valence-electron chi connectivity index (χ0n) is 18.2. The first-order valence-corrected chi connectivity index (χ1v) is 10.5. The highest BCUT2D eigenvalue weighted by Gasteiger charge is 2.17. The number of carboxylic acid groups (broad SMARTS) is 1. The molecule has 0 aliphatic heterocycles. The first-order chi connectivity index (χ1) is 14.8. The van der Waals surface area contributed by atoms with Gasteiger partial charge in [0.2, 0.25) is 0 Å². The number of halogens is 1. The Morgan fingerprint density at radius 1 is 1.19 bits per heavy atom. The van der Waals surface area contributed by atoms with E-state index in [1.807, 2.05) is 75.0 Å². The topological polar surface area (TPSA) is 73.6 Å². The number of aryl methyl sites for hydroxylation is 2. The molecule has 164 valence electrons. The lowest BCUT2D eigenvalue weighted by Crippen LogP contribution is -2.10. The maximum atomic E-state index is 11.1. The Morgan fingerprint density at radius 2 is 1.90 bits per heavy atom. The van der Waals surface area contributed by atoms with Crippen LogP contribution in [0, 0.1) is 13.8 Å². The van der Waals surface area contributed by atoms with E-state index in [2.05, 4.69) is 5.10 Å². The monoisotopic (exact) mass is 442 g/mol. The van der Waals surface area contributed by atoms with Crippen LogP contribution in [0.2, 0.25) is 5.02 Å². The number of ether oxygens (including phenoxy) is 2. The van der Waals surface area contributed by atoms with Crippen LogP contribution >= 0.6 is 11.6 Å². The van der Waals surface area contributed by atoms with Gasteiger partial charge in [-0.15, -0.1) is 0 Å². The first kappa shape index (κ1) is 22.8. The number of rotatable bonds is 9. The SMILES string of the molecule is CCO[C@@H](CC(=O)O)c1ccc(OCc2ccc(Cl)c(-c3c(C)nn(C)c3C)c2)cc1. The number of nitrogens with zero attached hydrogens (tertiary/aromatic N) is 2. The first-order valence-electron chi connectivity index (χ1n) is 10.1. The zero-order chi connectivity index (χ0) is 22.5. The van der Waals surface area contributed by atoms with Gasteiger partial charge in [0.05, 0.1) is 18.2 Å². The molecule has 1 atom stereocenters. The maximum Gasteiger partial charge on any atom is 0.306 e. The van der Waals surface area contributed by atoms with E-state index < -0.39 is 12.1 Å². The molecule has 0 spiro atoms. The minimum absolute atomic E-state index is 0.0746. The van der Waals surface area contributed by atoms with Crippen LogP contribution in [0.3, 0.4) is 0 Å². The number of hydrogen-bond donors (Lipinski definition) is 1. The molecule has 3 rings (SSSR count). The predicted octanol–water partition coefficient (Wildman–Crippen LogP) is 5.49. The lowest BCUT2D eigenvalue weighted by atomic mass is 10.0. The highest BCUT2D eigenvalue weighted by atomic mass is 35.5. The number of aliphatic carboxylic acids is 1. The van der Waals surface area contributed by atoms with E-state index in [4.69, 9.17) is 26.2 Å². The molecule has 0 saturated heterocycles. The van der Waals surface area contributed by atoms with Gasteiger partial charge in [0, 0.05) is 35.5 Å². The van der Waals surface area contributed by atoms with Crippen LogP contribution in [0.15, 0.2) is 42.5 Å². The summed E-state index contributed by atoms with van der Waals surface area (Å²) in [5.74, 6) is -0.198. The van der Waals surface area contributed by atoms with Crippen molar-refractivity contribution in [2.24, 2.45) is 7.05 Å². The Bertz CT molecular complexity index is 1060. The third-order valence-corrected chi connectivity index (χ3v) is 5.52. The molecule has 0 fully saturated rings. The Kier molecular flexibility index (Phi) is 7.36. The molecule has 6 nitrogen and oxygen atoms in total. The molecule has 0 radical (unpaired) electrons. The molecule has 31 heavy (non-hydrogen) atoms. The average Bonchev–Trinajstić information content (AvgIpc) is 2.99. The molecule has 0 bridgehead atoms. The van der Waals surface area contributed by atoms with Crippen molar-refractivity contribution in [2.45, 2.75) is 39.9 Å². The Hall–Kier alpha value is -2.83. The second-order valence-electron chi connectivity index (χ2n) is 7.38. The smallest absolute Gasteiger partial charge is 0.306 e. The zero-order valence-corrected chi connectivity index (χ0v) is 18.9. The third-order valence-electron chi connectivity index (χ3n) is 5.19. The van der Waals surface area contributed by atoms with Crippen LogP contribution in [-0.4, -0.2) is 27.5 Å². The molecule has 1 N–H and O–H groups in total. The summed E-state index contributed by atoms with van der Waals surface area (Å²) in [6, 6.07) is 13.2. The number of carboxylic acids is 1. The lowest BCUT2D eigenvalue weighted by molar-refractivity contribution is -0.140. The maximum absolute atomic E-state index is 11.1. The lowest BCUT2D eigenvalue weighted by Gasteiger charge is -2.16. The molecular weight excluding hydrogens is 416 g/mol. The van der Waals surface area contributed by atoms with Gasteiger partial charge in [-0.25, -0.2) is 0 Å². The summed E-state index contributed by atoms with van der Waals surface area (Å²) in [5.41, 5.74) is 5.77. The largest absolute Gasteiger partial charge is 0.489 e. The standard InChI is InChI=1S/C24H27ClN2O4/c1-5-30-22(13-23(28)29)18-7-9-19(10-8-18)31-14-17-6-11-21(25)20(12-17)24-15(2)26-27(4)16(24)3/h6-12,22H,5,13-14H2,1-4H3,(H,28,29)/t22-/m0/s1. The quantitative estimate of drug-likeness (QED) is 0.474. The summed E-state index contributed by atoms with van der Waals surface area (Å²) in [7, 11) is 1.92. The molecule has 0 aliphatic carbocycles. The van der Waals surface area contributed by atoms with E-state index in [-0.39, 0.29) is 6.42 Å². The van der Waals surface area contributed by atoms with Gasteiger partial charge in [0.1, 0.15) is 12.4 Å². The molecule has 0 saturated carbocycles. The summed E-state index contributed by atoms with van der Waals surface area (Å²) in [5, 5.41) is 14.2. The summed E-state index contributed by atoms with van der Waals surface area (Å²) in [6.45, 7) is 6.68. The number of aromatic nitrogens is 2. The van der Waals surface area contributed by atoms with Crippen molar-refractivity contribution in [1.82, 2.24) is 9.78 Å². The molecule has 3 aromatic rings. The summed E-state index contributed by atoms with van der Waals surface area (Å²) in [4.78, 5) is 11.1. The van der Waals surface area contributed by atoms with Crippen LogP contribution in [0.5, 0.6) is 5.75 Å². The Balaban J connectivity index is 1.74. The van der Waals surface area contributed by atoms with Crippen molar-refractivity contribution in [3.63, 3.8) is 0 Å². The normalized spacial score (nSPS) is 12.0. The third kappa shape index (κ3) is 5.46. The van der Waals surface area contributed by atoms with Crippen LogP contribution in [0.1, 0.15) is 42.0 Å². The predicted molar refractivity (Wildman–Crippen MR) is 121 cm³/mol. The number of benzene rings is 2. The summed E-state index contributed by atoms with van der Waals surface area (Å²) >= 11 is 6.48. The Morgan fingerprint density at radius 3 is 2.48 bits per heavy atom. The van der Waals surface area contributed by atoms with Crippen LogP contribution < -0.4 is 4.74 Å². The van der Waals surface area contributed by atoms with Crippen molar-refractivity contribution in [3.8, 4) is 16.9 Å². The molecule has 0 aliphatic rings. The van der Waals surface area contributed by atoms with Crippen molar-refractivity contribution in [1.29, 1.82) is 0 Å². The van der Waals surface area contributed by atoms with Crippen molar-refractivity contribution < 1.29 is 19.4 Å². The van der Waals surface area contributed by atoms with E-state index in [0.717, 1.165) is 33.6 Å². The fraction of sp³-hybridized carbons (Fsp3) is 0.333. The number of hydrogen-bond acceptors (Lipinski definition) is 4. The summed E-state index contributed by atoms with van der Waals surface area (Å²) < 4.78 is 13.4. The van der Waals surface area contributed by atoms with Crippen molar-refractivity contribution >= 4 is 17.6 Å². The van der Waals surface area contributed by atoms with Gasteiger partial charge >= 0.3 is 5.97 Å². The molecule has 7 heteroatoms. The fourth-order valence-corrected chi connectivity index (χ4v) is 3.81. The minimum Gasteiger partial charge on any atom is -0.489 e. The minimum atomic E-state index is -0.892. The highest BCUT2D eigenvalue weighted by Crippen LogP contribution is 2.33. The van der Waals surface area contributed by atoms with Gasteiger partial charge in [0.25, 0.3) is 0 Å². The number of carbonyl (C=O) groups is 1. The average molecular weight is 443 g/mol. The fourth-order valence-electron chi connectivity index (χ4n) is 3.60. The van der Waals surface area contributed by atoms with Gasteiger partial charge in [-0.05, 0) is 56.2 Å². The Labute approximate surface area is 187 Å². The molecule has 2 aromatic carbocycles. The van der Waals surface area contributed by atoms with E-state index in [1.54, 1.807) is 0 Å². The van der Waals surface area contributed by atoms with Crippen LogP contribution in [0.25, 0.3) is 11.1 Å². The molecule has 1 heterocycles. The second-order valence-corrected chi connectivity index (χ2v) is 7.79. The van der Waals surface area contributed by atoms with Crippen LogP contribution in [-0.2, 0) is 23.2 Å². The van der Waals surface area contributed by atoms with Gasteiger partial charge in [-0.2, -0.15) is 5.10 Å². The molecule has 0 amide bonds. The second kappa shape index (κ2) is 9.98. The highest BCUT2D eigenvalue weighted by molar-refractivity contribution is 6.33. The van der Waals surface area contributed by atoms with E-state index in [1.165, 1.54) is 0 Å². The molecule has 0 unspecified atom stereocenters. The van der Waals surface area contributed by atoms with E-state index in [9.17, 15) is 4.79 Å². The van der Waals surface area contributed by atoms with E-state index in [0.29, 0.717) is 24.0 Å². The van der Waals surface area contributed by atoms with Gasteiger partial charge in [0.15, 0.2) is 0 Å². The van der Waals surface area contributed by atoms with Crippen molar-refractivity contribution in [2.75, 3.05) is 6.61 Å². The van der Waals surface area contributed by atoms with Crippen molar-refractivity contribution in [3.05, 3.63) is 70.0 Å². The van der Waals surface area contributed by atoms with Gasteiger partial charge in [-0.1, -0.05) is 29.8 Å². The molecular formula is C24H27ClN2O4. The summed E-state index contributed by atoms with van der Waals surface area (Å²) in [6.07, 6.45) is -0.546. The van der Waals surface area contributed by atoms with Gasteiger partial charge < -0.3 is 14.6 Å². The van der Waals surface area contributed by atoms with E-state index >= 15 is 0 Å².